The number of carbonyl (C=O) groups excluding carboxylic acids is 2. The molecule has 0 spiro atoms. The van der Waals surface area contributed by atoms with E-state index in [1.165, 1.54) is 0 Å². The Hall–Kier alpha value is -1.89. The molecule has 1 atom stereocenters. The number of carboxylic acids is 1. The minimum absolute atomic E-state index is 0.306. The average Bonchev–Trinajstić information content (AvgIpc) is 2.81. The number of hydrogen-bond acceptors (Lipinski definition) is 4. The van der Waals surface area contributed by atoms with Crippen LogP contribution in [0.4, 0.5) is 4.79 Å². The van der Waals surface area contributed by atoms with Gasteiger partial charge in [-0.3, -0.25) is 15.0 Å². The Morgan fingerprint density at radius 1 is 1.37 bits per heavy atom. The van der Waals surface area contributed by atoms with Crippen LogP contribution >= 0.6 is 0 Å². The van der Waals surface area contributed by atoms with E-state index in [4.69, 9.17) is 5.11 Å². The molecule has 7 nitrogen and oxygen atoms in total. The first-order valence-electron chi connectivity index (χ1n) is 6.26. The second-order valence-electron chi connectivity index (χ2n) is 4.30. The van der Waals surface area contributed by atoms with Crippen LogP contribution < -0.4 is 10.6 Å². The fourth-order valence-electron chi connectivity index (χ4n) is 2.10. The summed E-state index contributed by atoms with van der Waals surface area (Å²) < 4.78 is 0. The first kappa shape index (κ1) is 15.2. The second-order valence-corrected chi connectivity index (χ2v) is 4.30. The summed E-state index contributed by atoms with van der Waals surface area (Å²) in [4.78, 5) is 35.0. The molecule has 1 aliphatic rings. The fourth-order valence-corrected chi connectivity index (χ4v) is 2.10. The maximum atomic E-state index is 11.4. The van der Waals surface area contributed by atoms with Crippen LogP contribution in [-0.4, -0.2) is 53.6 Å². The van der Waals surface area contributed by atoms with Gasteiger partial charge in [0.15, 0.2) is 0 Å². The van der Waals surface area contributed by atoms with Crippen LogP contribution in [0.15, 0.2) is 12.2 Å². The molecule has 0 aromatic rings. The number of likely N-dealkylation sites (N-methyl/N-ethyl adjacent to an activating group) is 1. The van der Waals surface area contributed by atoms with Crippen molar-refractivity contribution in [2.45, 2.75) is 25.8 Å². The summed E-state index contributed by atoms with van der Waals surface area (Å²) in [7, 11) is 0. The zero-order valence-electron chi connectivity index (χ0n) is 10.9. The van der Waals surface area contributed by atoms with E-state index in [0.29, 0.717) is 18.7 Å². The summed E-state index contributed by atoms with van der Waals surface area (Å²) >= 11 is 0. The Morgan fingerprint density at radius 3 is 2.74 bits per heavy atom. The van der Waals surface area contributed by atoms with Gasteiger partial charge in [-0.25, -0.2) is 9.59 Å². The summed E-state index contributed by atoms with van der Waals surface area (Å²) in [5.41, 5.74) is 0. The van der Waals surface area contributed by atoms with Crippen molar-refractivity contribution < 1.29 is 19.5 Å². The van der Waals surface area contributed by atoms with Crippen LogP contribution in [0.25, 0.3) is 0 Å². The number of carboxylic acid groups (broad SMARTS) is 1. The van der Waals surface area contributed by atoms with Crippen molar-refractivity contribution in [1.82, 2.24) is 15.5 Å². The molecule has 3 amide bonds. The lowest BCUT2D eigenvalue weighted by Crippen LogP contribution is -2.45. The summed E-state index contributed by atoms with van der Waals surface area (Å²) in [6.07, 6.45) is 3.62. The van der Waals surface area contributed by atoms with Gasteiger partial charge in [-0.1, -0.05) is 6.92 Å². The van der Waals surface area contributed by atoms with E-state index in [9.17, 15) is 14.4 Å². The van der Waals surface area contributed by atoms with E-state index < -0.39 is 17.9 Å². The van der Waals surface area contributed by atoms with Crippen molar-refractivity contribution in [2.75, 3.05) is 19.6 Å². The van der Waals surface area contributed by atoms with Crippen LogP contribution in [-0.2, 0) is 9.59 Å². The highest BCUT2D eigenvalue weighted by Gasteiger charge is 2.23. The van der Waals surface area contributed by atoms with E-state index in [0.717, 1.165) is 32.0 Å². The predicted octanol–water partition coefficient (Wildman–Crippen LogP) is -0.0627. The lowest BCUT2D eigenvalue weighted by Gasteiger charge is -2.22. The molecule has 0 aromatic heterocycles. The number of imide groups is 1. The smallest absolute Gasteiger partial charge is 0.328 e. The molecule has 0 saturated carbocycles. The van der Waals surface area contributed by atoms with Gasteiger partial charge in [-0.05, 0) is 25.9 Å². The first-order chi connectivity index (χ1) is 9.02. The van der Waals surface area contributed by atoms with Crippen molar-refractivity contribution in [1.29, 1.82) is 0 Å². The molecule has 1 saturated heterocycles. The normalized spacial score (nSPS) is 19.5. The van der Waals surface area contributed by atoms with Gasteiger partial charge in [0.25, 0.3) is 5.91 Å². The van der Waals surface area contributed by atoms with Crippen LogP contribution in [0.3, 0.4) is 0 Å². The van der Waals surface area contributed by atoms with Crippen LogP contribution in [0, 0.1) is 0 Å². The Morgan fingerprint density at radius 2 is 2.11 bits per heavy atom. The maximum Gasteiger partial charge on any atom is 0.328 e. The molecule has 1 rings (SSSR count). The van der Waals surface area contributed by atoms with Gasteiger partial charge >= 0.3 is 12.0 Å². The van der Waals surface area contributed by atoms with Crippen LogP contribution in [0.2, 0.25) is 0 Å². The molecule has 0 aromatic carbocycles. The van der Waals surface area contributed by atoms with Crippen molar-refractivity contribution in [3.63, 3.8) is 0 Å². The third kappa shape index (κ3) is 5.52. The molecule has 1 fully saturated rings. The van der Waals surface area contributed by atoms with E-state index in [-0.39, 0.29) is 0 Å². The number of nitrogens with zero attached hydrogens (tertiary/aromatic N) is 1. The van der Waals surface area contributed by atoms with E-state index >= 15 is 0 Å². The van der Waals surface area contributed by atoms with Crippen molar-refractivity contribution in [3.8, 4) is 0 Å². The highest BCUT2D eigenvalue weighted by atomic mass is 16.4. The number of amides is 3. The zero-order chi connectivity index (χ0) is 14.3. The summed E-state index contributed by atoms with van der Waals surface area (Å²) in [6.45, 7) is 4.52. The molecule has 1 heterocycles. The maximum absolute atomic E-state index is 11.4. The van der Waals surface area contributed by atoms with Crippen LogP contribution in [0.5, 0.6) is 0 Å². The molecular formula is C12H19N3O4. The zero-order valence-corrected chi connectivity index (χ0v) is 10.9. The van der Waals surface area contributed by atoms with Gasteiger partial charge in [-0.2, -0.15) is 0 Å². The number of urea groups is 1. The van der Waals surface area contributed by atoms with Gasteiger partial charge < -0.3 is 10.4 Å². The Labute approximate surface area is 111 Å². The summed E-state index contributed by atoms with van der Waals surface area (Å²) in [5, 5.41) is 13.0. The monoisotopic (exact) mass is 269 g/mol. The topological polar surface area (TPSA) is 98.7 Å². The van der Waals surface area contributed by atoms with E-state index in [1.54, 1.807) is 0 Å². The quantitative estimate of drug-likeness (QED) is 0.607. The predicted molar refractivity (Wildman–Crippen MR) is 68.6 cm³/mol. The van der Waals surface area contributed by atoms with Gasteiger partial charge in [0, 0.05) is 24.7 Å². The number of nitrogens with one attached hydrogen (secondary N) is 2. The number of hydrogen-bond donors (Lipinski definition) is 3. The highest BCUT2D eigenvalue weighted by molar-refractivity contribution is 6.02. The minimum atomic E-state index is -1.24. The molecule has 1 aliphatic heterocycles. The van der Waals surface area contributed by atoms with Gasteiger partial charge in [0.2, 0.25) is 0 Å². The van der Waals surface area contributed by atoms with Gasteiger partial charge in [0.05, 0.1) is 0 Å². The van der Waals surface area contributed by atoms with E-state index in [1.807, 2.05) is 5.32 Å². The SMILES string of the molecule is CCN1CCCC1CNC(=O)NC(=O)/C=C/C(=O)O. The number of rotatable bonds is 5. The molecule has 0 aliphatic carbocycles. The largest absolute Gasteiger partial charge is 0.478 e. The number of aliphatic carboxylic acids is 1. The third-order valence-electron chi connectivity index (χ3n) is 3.02. The minimum Gasteiger partial charge on any atom is -0.478 e. The summed E-state index contributed by atoms with van der Waals surface area (Å²) in [6, 6.07) is -0.302. The fraction of sp³-hybridized carbons (Fsp3) is 0.583. The van der Waals surface area contributed by atoms with Gasteiger partial charge in [0.1, 0.15) is 0 Å². The lowest BCUT2D eigenvalue weighted by atomic mass is 10.2. The molecule has 106 valence electrons. The Bertz CT molecular complexity index is 381. The molecule has 3 N–H and O–H groups in total. The first-order valence-corrected chi connectivity index (χ1v) is 6.26. The standard InChI is InChI=1S/C12H19N3O4/c1-2-15-7-3-4-9(15)8-13-12(19)14-10(16)5-6-11(17)18/h5-6,9H,2-4,7-8H2,1H3,(H,17,18)(H2,13,14,16,19)/b6-5+. The van der Waals surface area contributed by atoms with Crippen LogP contribution in [0.1, 0.15) is 19.8 Å². The molecule has 19 heavy (non-hydrogen) atoms. The van der Waals surface area contributed by atoms with Crippen molar-refractivity contribution in [3.05, 3.63) is 12.2 Å². The number of likely N-dealkylation sites (tertiary alicyclic amines) is 1. The van der Waals surface area contributed by atoms with Gasteiger partial charge in [-0.15, -0.1) is 0 Å². The summed E-state index contributed by atoms with van der Waals surface area (Å²) in [5.74, 6) is -1.99. The number of carbonyl (C=O) groups is 3. The van der Waals surface area contributed by atoms with Crippen molar-refractivity contribution in [2.24, 2.45) is 0 Å². The highest BCUT2D eigenvalue weighted by Crippen LogP contribution is 2.15. The second kappa shape index (κ2) is 7.52. The molecule has 0 radical (unpaired) electrons. The molecule has 0 bridgehead atoms. The lowest BCUT2D eigenvalue weighted by molar-refractivity contribution is -0.131. The van der Waals surface area contributed by atoms with Crippen molar-refractivity contribution >= 4 is 17.9 Å². The van der Waals surface area contributed by atoms with E-state index in [2.05, 4.69) is 17.1 Å². The average molecular weight is 269 g/mol. The molecular weight excluding hydrogens is 250 g/mol. The molecule has 1 unspecified atom stereocenters. The Balaban J connectivity index is 2.28. The Kier molecular flexibility index (Phi) is 6.01. The molecule has 7 heteroatoms. The third-order valence-corrected chi connectivity index (χ3v) is 3.02.